The number of carboxylic acid groups (broad SMARTS) is 1. The molecule has 2 heterocycles. The van der Waals surface area contributed by atoms with Crippen molar-refractivity contribution >= 4 is 16.7 Å². The number of carboxylic acids is 1. The molecule has 0 fully saturated rings. The van der Waals surface area contributed by atoms with Crippen LogP contribution in [-0.4, -0.2) is 39.5 Å². The predicted octanol–water partition coefficient (Wildman–Crippen LogP) is 3.01. The maximum absolute atomic E-state index is 11.8. The average Bonchev–Trinajstić information content (AvgIpc) is 2.76. The maximum Gasteiger partial charge on any atom is 0.308 e. The fourth-order valence-corrected chi connectivity index (χ4v) is 4.28. The van der Waals surface area contributed by atoms with Crippen LogP contribution in [-0.2, 0) is 24.2 Å². The van der Waals surface area contributed by atoms with E-state index in [9.17, 15) is 9.90 Å². The molecule has 1 aliphatic heterocycles. The zero-order chi connectivity index (χ0) is 21.4. The second-order valence-electron chi connectivity index (χ2n) is 7.10. The van der Waals surface area contributed by atoms with Crippen molar-refractivity contribution in [2.45, 2.75) is 19.4 Å². The van der Waals surface area contributed by atoms with E-state index >= 15 is 0 Å². The third-order valence-electron chi connectivity index (χ3n) is 5.58. The molecule has 7 heteroatoms. The number of aromatic nitrogens is 1. The first-order valence-corrected chi connectivity index (χ1v) is 9.59. The lowest BCUT2D eigenvalue weighted by atomic mass is 9.90. The Morgan fingerprint density at radius 3 is 2.30 bits per heavy atom. The smallest absolute Gasteiger partial charge is 0.308 e. The van der Waals surface area contributed by atoms with Crippen molar-refractivity contribution in [1.82, 2.24) is 0 Å². The summed E-state index contributed by atoms with van der Waals surface area (Å²) in [5.74, 6) is 1.58. The van der Waals surface area contributed by atoms with Crippen molar-refractivity contribution in [3.05, 3.63) is 41.6 Å². The Labute approximate surface area is 174 Å². The molecule has 0 spiro atoms. The van der Waals surface area contributed by atoms with Gasteiger partial charge in [0.1, 0.15) is 0 Å². The van der Waals surface area contributed by atoms with Crippen molar-refractivity contribution in [3.63, 3.8) is 0 Å². The summed E-state index contributed by atoms with van der Waals surface area (Å²) in [5, 5.41) is 11.3. The molecule has 0 aliphatic carbocycles. The Bertz CT molecular complexity index is 1150. The zero-order valence-corrected chi connectivity index (χ0v) is 17.4. The number of hydrogen-bond donors (Lipinski definition) is 1. The molecule has 30 heavy (non-hydrogen) atoms. The Kier molecular flexibility index (Phi) is 5.11. The van der Waals surface area contributed by atoms with Crippen LogP contribution in [0.25, 0.3) is 22.0 Å². The van der Waals surface area contributed by atoms with Gasteiger partial charge in [-0.3, -0.25) is 4.79 Å². The summed E-state index contributed by atoms with van der Waals surface area (Å²) < 4.78 is 24.1. The molecule has 4 rings (SSSR count). The third kappa shape index (κ3) is 3.07. The third-order valence-corrected chi connectivity index (χ3v) is 5.58. The number of rotatable bonds is 6. The van der Waals surface area contributed by atoms with Gasteiger partial charge in [0, 0.05) is 17.4 Å². The lowest BCUT2D eigenvalue weighted by molar-refractivity contribution is -0.686. The number of ether oxygens (including phenoxy) is 4. The largest absolute Gasteiger partial charge is 0.493 e. The summed E-state index contributed by atoms with van der Waals surface area (Å²) in [6, 6.07) is 7.60. The van der Waals surface area contributed by atoms with Gasteiger partial charge in [0.05, 0.1) is 45.8 Å². The van der Waals surface area contributed by atoms with Gasteiger partial charge in [0.15, 0.2) is 35.7 Å². The van der Waals surface area contributed by atoms with Crippen molar-refractivity contribution in [2.24, 2.45) is 0 Å². The predicted molar refractivity (Wildman–Crippen MR) is 111 cm³/mol. The molecule has 0 unspecified atom stereocenters. The quantitative estimate of drug-likeness (QED) is 0.630. The summed E-state index contributed by atoms with van der Waals surface area (Å²) in [7, 11) is 6.38. The van der Waals surface area contributed by atoms with Crippen LogP contribution in [0.15, 0.2) is 30.5 Å². The molecule has 156 valence electrons. The first kappa shape index (κ1) is 19.8. The highest BCUT2D eigenvalue weighted by Gasteiger charge is 2.32. The van der Waals surface area contributed by atoms with Crippen molar-refractivity contribution in [1.29, 1.82) is 0 Å². The second-order valence-corrected chi connectivity index (χ2v) is 7.10. The first-order valence-electron chi connectivity index (χ1n) is 9.59. The van der Waals surface area contributed by atoms with Crippen LogP contribution in [0.2, 0.25) is 0 Å². The number of hydrogen-bond acceptors (Lipinski definition) is 5. The number of benzene rings is 2. The van der Waals surface area contributed by atoms with E-state index in [1.807, 2.05) is 30.5 Å². The molecule has 1 aromatic heterocycles. The van der Waals surface area contributed by atoms with E-state index in [0.717, 1.165) is 39.6 Å². The highest BCUT2D eigenvalue weighted by atomic mass is 16.5. The van der Waals surface area contributed by atoms with Gasteiger partial charge >= 0.3 is 5.97 Å². The van der Waals surface area contributed by atoms with Gasteiger partial charge in [-0.05, 0) is 29.8 Å². The van der Waals surface area contributed by atoms with E-state index in [2.05, 4.69) is 4.57 Å². The van der Waals surface area contributed by atoms with Crippen molar-refractivity contribution in [2.75, 3.05) is 28.4 Å². The molecular weight excluding hydrogens is 386 g/mol. The van der Waals surface area contributed by atoms with Crippen LogP contribution >= 0.6 is 0 Å². The number of aryl methyl sites for hydroxylation is 2. The van der Waals surface area contributed by atoms with Gasteiger partial charge in [-0.15, -0.1) is 0 Å². The molecule has 0 saturated carbocycles. The minimum absolute atomic E-state index is 0.115. The summed E-state index contributed by atoms with van der Waals surface area (Å²) in [4.78, 5) is 11.8. The van der Waals surface area contributed by atoms with Gasteiger partial charge in [-0.1, -0.05) is 0 Å². The number of pyridine rings is 1. The van der Waals surface area contributed by atoms with Crippen LogP contribution in [0, 0.1) is 0 Å². The van der Waals surface area contributed by atoms with Gasteiger partial charge in [0.2, 0.25) is 5.69 Å². The Morgan fingerprint density at radius 2 is 1.67 bits per heavy atom. The maximum atomic E-state index is 11.8. The lowest BCUT2D eigenvalue weighted by Crippen LogP contribution is -2.41. The first-order chi connectivity index (χ1) is 14.5. The Morgan fingerprint density at radius 1 is 0.967 bits per heavy atom. The number of methoxy groups -OCH3 is 4. The Balaban J connectivity index is 2.09. The molecule has 0 radical (unpaired) electrons. The van der Waals surface area contributed by atoms with E-state index < -0.39 is 5.97 Å². The van der Waals surface area contributed by atoms with Gasteiger partial charge in [-0.2, -0.15) is 4.57 Å². The number of carbonyl (C=O) groups is 1. The van der Waals surface area contributed by atoms with E-state index in [1.165, 1.54) is 0 Å². The monoisotopic (exact) mass is 410 g/mol. The van der Waals surface area contributed by atoms with E-state index in [1.54, 1.807) is 28.4 Å². The molecule has 3 aromatic rings. The Hall–Kier alpha value is -3.48. The molecular formula is C23H24NO6+. The van der Waals surface area contributed by atoms with Crippen LogP contribution in [0.3, 0.4) is 0 Å². The molecule has 0 atom stereocenters. The van der Waals surface area contributed by atoms with E-state index in [4.69, 9.17) is 18.9 Å². The number of aliphatic carboxylic acids is 1. The fraction of sp³-hybridized carbons (Fsp3) is 0.304. The summed E-state index contributed by atoms with van der Waals surface area (Å²) in [5.41, 5.74) is 3.65. The van der Waals surface area contributed by atoms with E-state index in [0.29, 0.717) is 29.5 Å². The minimum atomic E-state index is -0.896. The van der Waals surface area contributed by atoms with Gasteiger partial charge < -0.3 is 24.1 Å². The molecule has 2 aromatic carbocycles. The molecule has 0 bridgehead atoms. The van der Waals surface area contributed by atoms with Crippen LogP contribution in [0.1, 0.15) is 11.1 Å². The highest BCUT2D eigenvalue weighted by molar-refractivity contribution is 5.97. The fourth-order valence-electron chi connectivity index (χ4n) is 4.28. The van der Waals surface area contributed by atoms with Gasteiger partial charge in [-0.25, -0.2) is 0 Å². The van der Waals surface area contributed by atoms with Gasteiger partial charge in [0.25, 0.3) is 0 Å². The van der Waals surface area contributed by atoms with Crippen molar-refractivity contribution in [3.8, 4) is 34.3 Å². The van der Waals surface area contributed by atoms with Crippen molar-refractivity contribution < 1.29 is 33.4 Å². The van der Waals surface area contributed by atoms with Crippen LogP contribution in [0.4, 0.5) is 0 Å². The number of nitrogens with zero attached hydrogens (tertiary/aromatic N) is 1. The van der Waals surface area contributed by atoms with E-state index in [-0.39, 0.29) is 6.42 Å². The zero-order valence-electron chi connectivity index (χ0n) is 17.4. The summed E-state index contributed by atoms with van der Waals surface area (Å²) >= 11 is 0. The lowest BCUT2D eigenvalue weighted by Gasteiger charge is -2.21. The SMILES string of the molecule is COc1cc2c(cc1OC)-c1c(CC(=O)O)c3ccc(OC)c(OC)c3c[n+]1CC2. The topological polar surface area (TPSA) is 78.1 Å². The highest BCUT2D eigenvalue weighted by Crippen LogP contribution is 2.42. The summed E-state index contributed by atoms with van der Waals surface area (Å²) in [6.45, 7) is 0.709. The molecule has 1 N–H and O–H groups in total. The summed E-state index contributed by atoms with van der Waals surface area (Å²) in [6.07, 6.45) is 2.69. The molecule has 1 aliphatic rings. The normalized spacial score (nSPS) is 12.1. The van der Waals surface area contributed by atoms with Crippen LogP contribution in [0.5, 0.6) is 23.0 Å². The minimum Gasteiger partial charge on any atom is -0.493 e. The average molecular weight is 410 g/mol. The number of fused-ring (bicyclic) bond motifs is 4. The molecule has 7 nitrogen and oxygen atoms in total. The van der Waals surface area contributed by atoms with Crippen LogP contribution < -0.4 is 23.5 Å². The molecule has 0 saturated heterocycles. The second kappa shape index (κ2) is 7.74. The molecule has 0 amide bonds. The standard InChI is InChI=1S/C23H23NO6/c1-27-18-6-5-14-16(11-21(25)26)22-15-10-20(29-3)19(28-2)9-13(15)7-8-24(22)12-17(14)23(18)30-4/h5-6,9-10,12H,7-8,11H2,1-4H3/p+1.